The quantitative estimate of drug-likeness (QED) is 0.670. The van der Waals surface area contributed by atoms with Gasteiger partial charge in [0.05, 0.1) is 0 Å². The van der Waals surface area contributed by atoms with E-state index in [1.54, 1.807) is 17.0 Å². The maximum atomic E-state index is 12.9. The van der Waals surface area contributed by atoms with Crippen molar-refractivity contribution < 1.29 is 4.79 Å². The zero-order chi connectivity index (χ0) is 19.6. The van der Waals surface area contributed by atoms with Crippen molar-refractivity contribution >= 4 is 34.2 Å². The number of para-hydroxylation sites is 1. The molecule has 2 N–H and O–H groups in total. The van der Waals surface area contributed by atoms with Crippen LogP contribution in [-0.4, -0.2) is 22.0 Å². The van der Waals surface area contributed by atoms with Gasteiger partial charge >= 0.3 is 6.03 Å². The number of fused-ring (bicyclic) bond motifs is 1. The van der Waals surface area contributed by atoms with E-state index >= 15 is 0 Å². The largest absolute Gasteiger partial charge is 0.322 e. The highest BCUT2D eigenvalue weighted by Crippen LogP contribution is 2.22. The van der Waals surface area contributed by atoms with Crippen LogP contribution < -0.4 is 10.9 Å². The Kier molecular flexibility index (Phi) is 5.51. The number of benzene rings is 2. The molecule has 0 saturated heterocycles. The summed E-state index contributed by atoms with van der Waals surface area (Å²) in [6, 6.07) is 14.3. The Hall–Kier alpha value is -2.79. The van der Waals surface area contributed by atoms with E-state index in [9.17, 15) is 9.59 Å². The molecule has 0 aliphatic rings. The van der Waals surface area contributed by atoms with E-state index in [-0.39, 0.29) is 17.6 Å². The first-order valence-corrected chi connectivity index (χ1v) is 9.17. The van der Waals surface area contributed by atoms with E-state index in [2.05, 4.69) is 10.3 Å². The first-order chi connectivity index (χ1) is 12.8. The normalized spacial score (nSPS) is 11.0. The van der Waals surface area contributed by atoms with Crippen LogP contribution in [0.1, 0.15) is 25.0 Å². The number of aryl methyl sites for hydroxylation is 1. The van der Waals surface area contributed by atoms with Gasteiger partial charge in [-0.1, -0.05) is 35.9 Å². The Bertz CT molecular complexity index is 1040. The fourth-order valence-corrected chi connectivity index (χ4v) is 3.13. The molecule has 2 aromatic carbocycles. The lowest BCUT2D eigenvalue weighted by atomic mass is 10.1. The number of hydrogen-bond acceptors (Lipinski definition) is 2. The number of rotatable bonds is 4. The Morgan fingerprint density at radius 2 is 1.93 bits per heavy atom. The van der Waals surface area contributed by atoms with Crippen molar-refractivity contribution in [3.05, 3.63) is 75.0 Å². The molecule has 0 aliphatic carbocycles. The molecule has 3 aromatic rings. The Morgan fingerprint density at radius 3 is 2.63 bits per heavy atom. The van der Waals surface area contributed by atoms with Crippen LogP contribution >= 0.6 is 11.6 Å². The third-order valence-corrected chi connectivity index (χ3v) is 4.89. The zero-order valence-electron chi connectivity index (χ0n) is 15.5. The number of H-pyrrole nitrogens is 1. The number of halogens is 1. The van der Waals surface area contributed by atoms with Gasteiger partial charge in [0.1, 0.15) is 0 Å². The number of nitrogens with zero attached hydrogens (tertiary/aromatic N) is 1. The van der Waals surface area contributed by atoms with Gasteiger partial charge in [0, 0.05) is 40.3 Å². The third-order valence-electron chi connectivity index (χ3n) is 4.48. The fourth-order valence-electron chi connectivity index (χ4n) is 2.95. The van der Waals surface area contributed by atoms with Crippen molar-refractivity contribution in [2.45, 2.75) is 33.4 Å². The molecule has 0 fully saturated rings. The molecular formula is C21H22ClN3O2. The van der Waals surface area contributed by atoms with Gasteiger partial charge in [-0.2, -0.15) is 0 Å². The molecular weight excluding hydrogens is 362 g/mol. The monoisotopic (exact) mass is 383 g/mol. The predicted molar refractivity (Wildman–Crippen MR) is 110 cm³/mol. The van der Waals surface area contributed by atoms with Crippen LogP contribution in [0.5, 0.6) is 0 Å². The molecule has 5 nitrogen and oxygen atoms in total. The van der Waals surface area contributed by atoms with Crippen LogP contribution in [0.25, 0.3) is 10.9 Å². The summed E-state index contributed by atoms with van der Waals surface area (Å²) in [7, 11) is 0. The van der Waals surface area contributed by atoms with Gasteiger partial charge < -0.3 is 15.2 Å². The van der Waals surface area contributed by atoms with Gasteiger partial charge in [-0.15, -0.1) is 0 Å². The van der Waals surface area contributed by atoms with E-state index in [0.29, 0.717) is 17.3 Å². The van der Waals surface area contributed by atoms with Crippen molar-refractivity contribution in [1.82, 2.24) is 9.88 Å². The number of pyridine rings is 1. The molecule has 0 aliphatic heterocycles. The van der Waals surface area contributed by atoms with Gasteiger partial charge in [0.2, 0.25) is 5.56 Å². The highest BCUT2D eigenvalue weighted by molar-refractivity contribution is 6.31. The maximum absolute atomic E-state index is 12.9. The summed E-state index contributed by atoms with van der Waals surface area (Å²) < 4.78 is 0. The summed E-state index contributed by atoms with van der Waals surface area (Å²) >= 11 is 6.15. The minimum atomic E-state index is -0.241. The molecule has 6 heteroatoms. The SMILES string of the molecule is Cc1ccc(NC(=O)N(Cc2cc(=O)[nH]c3ccccc23)C(C)C)cc1Cl. The number of aromatic nitrogens is 1. The fraction of sp³-hybridized carbons (Fsp3) is 0.238. The zero-order valence-corrected chi connectivity index (χ0v) is 16.3. The molecule has 27 heavy (non-hydrogen) atoms. The van der Waals surface area contributed by atoms with Crippen LogP contribution in [0.15, 0.2) is 53.3 Å². The van der Waals surface area contributed by atoms with Gasteiger partial charge in [0.25, 0.3) is 0 Å². The van der Waals surface area contributed by atoms with Crippen molar-refractivity contribution in [2.24, 2.45) is 0 Å². The summed E-state index contributed by atoms with van der Waals surface area (Å²) in [4.78, 5) is 29.4. The van der Waals surface area contributed by atoms with Crippen molar-refractivity contribution in [2.75, 3.05) is 5.32 Å². The van der Waals surface area contributed by atoms with E-state index in [4.69, 9.17) is 11.6 Å². The van der Waals surface area contributed by atoms with Gasteiger partial charge in [-0.05, 0) is 50.1 Å². The third kappa shape index (κ3) is 4.31. The average molecular weight is 384 g/mol. The van der Waals surface area contributed by atoms with E-state index in [0.717, 1.165) is 22.0 Å². The molecule has 140 valence electrons. The van der Waals surface area contributed by atoms with E-state index < -0.39 is 0 Å². The number of aromatic amines is 1. The minimum absolute atomic E-state index is 0.0519. The molecule has 1 aromatic heterocycles. The van der Waals surface area contributed by atoms with Gasteiger partial charge in [0.15, 0.2) is 0 Å². The Balaban J connectivity index is 1.89. The molecule has 2 amide bonds. The summed E-state index contributed by atoms with van der Waals surface area (Å²) in [6.07, 6.45) is 0. The highest BCUT2D eigenvalue weighted by Gasteiger charge is 2.19. The maximum Gasteiger partial charge on any atom is 0.322 e. The number of carbonyl (C=O) groups excluding carboxylic acids is 1. The van der Waals surface area contributed by atoms with Gasteiger partial charge in [-0.3, -0.25) is 4.79 Å². The molecule has 0 radical (unpaired) electrons. The molecule has 0 spiro atoms. The Labute approximate surface area is 163 Å². The standard InChI is InChI=1S/C21H22ClN3O2/c1-13(2)25(21(27)23-16-9-8-14(3)18(22)11-16)12-15-10-20(26)24-19-7-5-4-6-17(15)19/h4-11,13H,12H2,1-3H3,(H,23,27)(H,24,26). The predicted octanol–water partition coefficient (Wildman–Crippen LogP) is 4.93. The second-order valence-corrected chi connectivity index (χ2v) is 7.23. The first-order valence-electron chi connectivity index (χ1n) is 8.80. The topological polar surface area (TPSA) is 65.2 Å². The van der Waals surface area contributed by atoms with E-state index in [1.165, 1.54) is 0 Å². The summed E-state index contributed by atoms with van der Waals surface area (Å²) in [6.45, 7) is 6.12. The van der Waals surface area contributed by atoms with E-state index in [1.807, 2.05) is 57.2 Å². The number of amides is 2. The van der Waals surface area contributed by atoms with Crippen LogP contribution in [-0.2, 0) is 6.54 Å². The van der Waals surface area contributed by atoms with Crippen LogP contribution in [0.4, 0.5) is 10.5 Å². The van der Waals surface area contributed by atoms with Crippen LogP contribution in [0.2, 0.25) is 5.02 Å². The average Bonchev–Trinajstić information content (AvgIpc) is 2.62. The molecule has 1 heterocycles. The van der Waals surface area contributed by atoms with Crippen LogP contribution in [0, 0.1) is 6.92 Å². The number of hydrogen-bond donors (Lipinski definition) is 2. The summed E-state index contributed by atoms with van der Waals surface area (Å²) in [5, 5.41) is 4.42. The molecule has 3 rings (SSSR count). The summed E-state index contributed by atoms with van der Waals surface area (Å²) in [5.41, 5.74) is 2.97. The van der Waals surface area contributed by atoms with Crippen molar-refractivity contribution in [3.8, 4) is 0 Å². The lowest BCUT2D eigenvalue weighted by molar-refractivity contribution is 0.194. The smallest absolute Gasteiger partial charge is 0.322 e. The van der Waals surface area contributed by atoms with Crippen LogP contribution in [0.3, 0.4) is 0 Å². The summed E-state index contributed by atoms with van der Waals surface area (Å²) in [5.74, 6) is 0. The second kappa shape index (κ2) is 7.84. The van der Waals surface area contributed by atoms with Gasteiger partial charge in [-0.25, -0.2) is 4.79 Å². The molecule has 0 bridgehead atoms. The van der Waals surface area contributed by atoms with Crippen molar-refractivity contribution in [1.29, 1.82) is 0 Å². The first kappa shape index (κ1) is 19.0. The molecule has 0 unspecified atom stereocenters. The lowest BCUT2D eigenvalue weighted by Gasteiger charge is -2.27. The second-order valence-electron chi connectivity index (χ2n) is 6.82. The Morgan fingerprint density at radius 1 is 1.19 bits per heavy atom. The number of urea groups is 1. The lowest BCUT2D eigenvalue weighted by Crippen LogP contribution is -2.39. The highest BCUT2D eigenvalue weighted by atomic mass is 35.5. The molecule has 0 atom stereocenters. The minimum Gasteiger partial charge on any atom is -0.322 e. The number of nitrogens with one attached hydrogen (secondary N) is 2. The number of carbonyl (C=O) groups is 1. The van der Waals surface area contributed by atoms with Crippen molar-refractivity contribution in [3.63, 3.8) is 0 Å². The number of anilines is 1. The molecule has 0 saturated carbocycles.